The second-order valence-corrected chi connectivity index (χ2v) is 5.41. The molecule has 0 saturated heterocycles. The van der Waals surface area contributed by atoms with Crippen molar-refractivity contribution in [3.8, 4) is 0 Å². The Kier molecular flexibility index (Phi) is 5.27. The van der Waals surface area contributed by atoms with E-state index in [0.717, 1.165) is 6.42 Å². The lowest BCUT2D eigenvalue weighted by molar-refractivity contribution is -0.122. The first-order valence-corrected chi connectivity index (χ1v) is 7.48. The highest BCUT2D eigenvalue weighted by atomic mass is 16.2. The molecule has 1 amide bonds. The van der Waals surface area contributed by atoms with Gasteiger partial charge in [-0.3, -0.25) is 14.5 Å². The number of para-hydroxylation sites is 1. The molecule has 1 aromatic heterocycles. The normalized spacial score (nSPS) is 12.5. The molecule has 2 N–H and O–H groups in total. The van der Waals surface area contributed by atoms with Crippen molar-refractivity contribution in [2.75, 3.05) is 20.1 Å². The third-order valence-electron chi connectivity index (χ3n) is 3.65. The van der Waals surface area contributed by atoms with E-state index in [1.54, 1.807) is 6.07 Å². The highest BCUT2D eigenvalue weighted by Gasteiger charge is 2.17. The molecule has 118 valence electrons. The van der Waals surface area contributed by atoms with Gasteiger partial charge in [-0.05, 0) is 32.5 Å². The quantitative estimate of drug-likeness (QED) is 0.846. The topological polar surface area (TPSA) is 78.1 Å². The minimum Gasteiger partial charge on any atom is -0.355 e. The number of aromatic nitrogens is 2. The number of benzene rings is 1. The van der Waals surface area contributed by atoms with Gasteiger partial charge in [0.05, 0.1) is 23.5 Å². The third kappa shape index (κ3) is 3.71. The molecule has 1 atom stereocenters. The molecule has 0 unspecified atom stereocenters. The average Bonchev–Trinajstić information content (AvgIpc) is 2.52. The number of aromatic amines is 1. The average molecular weight is 302 g/mol. The van der Waals surface area contributed by atoms with Crippen LogP contribution in [0.15, 0.2) is 29.1 Å². The molecule has 1 aromatic carbocycles. The number of amides is 1. The summed E-state index contributed by atoms with van der Waals surface area (Å²) < 4.78 is 0. The molecule has 6 nitrogen and oxygen atoms in total. The molecular formula is C16H22N4O2. The van der Waals surface area contributed by atoms with E-state index in [2.05, 4.69) is 15.3 Å². The van der Waals surface area contributed by atoms with Crippen LogP contribution in [0.1, 0.15) is 32.1 Å². The van der Waals surface area contributed by atoms with Crippen LogP contribution >= 0.6 is 0 Å². The SMILES string of the molecule is CCCNC(=O)CN(C)[C@@H](C)c1nc2ccccc2c(=O)[nH]1. The highest BCUT2D eigenvalue weighted by Crippen LogP contribution is 2.15. The number of fused-ring (bicyclic) bond motifs is 1. The summed E-state index contributed by atoms with van der Waals surface area (Å²) in [5, 5.41) is 3.41. The van der Waals surface area contributed by atoms with Crippen molar-refractivity contribution in [3.05, 3.63) is 40.4 Å². The lowest BCUT2D eigenvalue weighted by Crippen LogP contribution is -2.37. The maximum absolute atomic E-state index is 12.1. The largest absolute Gasteiger partial charge is 0.355 e. The van der Waals surface area contributed by atoms with Crippen molar-refractivity contribution in [1.29, 1.82) is 0 Å². The van der Waals surface area contributed by atoms with Gasteiger partial charge in [-0.15, -0.1) is 0 Å². The fourth-order valence-corrected chi connectivity index (χ4v) is 2.19. The van der Waals surface area contributed by atoms with Crippen LogP contribution in [0.2, 0.25) is 0 Å². The maximum atomic E-state index is 12.1. The summed E-state index contributed by atoms with van der Waals surface area (Å²) in [5.41, 5.74) is 0.508. The Morgan fingerprint density at radius 1 is 1.41 bits per heavy atom. The summed E-state index contributed by atoms with van der Waals surface area (Å²) in [4.78, 5) is 33.0. The second kappa shape index (κ2) is 7.17. The van der Waals surface area contributed by atoms with E-state index >= 15 is 0 Å². The molecule has 0 radical (unpaired) electrons. The summed E-state index contributed by atoms with van der Waals surface area (Å²) >= 11 is 0. The van der Waals surface area contributed by atoms with E-state index in [1.165, 1.54) is 0 Å². The van der Waals surface area contributed by atoms with Gasteiger partial charge in [-0.2, -0.15) is 0 Å². The minimum absolute atomic E-state index is 0.0284. The molecule has 2 aromatic rings. The van der Waals surface area contributed by atoms with Crippen molar-refractivity contribution >= 4 is 16.8 Å². The zero-order valence-corrected chi connectivity index (χ0v) is 13.2. The van der Waals surface area contributed by atoms with Crippen LogP contribution in [-0.2, 0) is 4.79 Å². The summed E-state index contributed by atoms with van der Waals surface area (Å²) in [6, 6.07) is 7.06. The maximum Gasteiger partial charge on any atom is 0.258 e. The van der Waals surface area contributed by atoms with E-state index in [-0.39, 0.29) is 24.1 Å². The van der Waals surface area contributed by atoms with Gasteiger partial charge in [-0.1, -0.05) is 19.1 Å². The number of rotatable bonds is 6. The first kappa shape index (κ1) is 16.2. The van der Waals surface area contributed by atoms with Gasteiger partial charge in [0.1, 0.15) is 5.82 Å². The second-order valence-electron chi connectivity index (χ2n) is 5.41. The molecule has 22 heavy (non-hydrogen) atoms. The molecule has 0 spiro atoms. The number of carbonyl (C=O) groups is 1. The first-order valence-electron chi connectivity index (χ1n) is 7.48. The van der Waals surface area contributed by atoms with Gasteiger partial charge in [-0.25, -0.2) is 4.98 Å². The smallest absolute Gasteiger partial charge is 0.258 e. The van der Waals surface area contributed by atoms with Crippen molar-refractivity contribution in [3.63, 3.8) is 0 Å². The summed E-state index contributed by atoms with van der Waals surface area (Å²) in [5.74, 6) is 0.536. The Hall–Kier alpha value is -2.21. The zero-order chi connectivity index (χ0) is 16.1. The third-order valence-corrected chi connectivity index (χ3v) is 3.65. The molecule has 0 aliphatic rings. The Bertz CT molecular complexity index is 711. The van der Waals surface area contributed by atoms with Crippen LogP contribution in [0.3, 0.4) is 0 Å². The molecule has 0 bridgehead atoms. The number of hydrogen-bond acceptors (Lipinski definition) is 4. The van der Waals surface area contributed by atoms with Gasteiger partial charge in [0.15, 0.2) is 0 Å². The Morgan fingerprint density at radius 3 is 2.86 bits per heavy atom. The molecule has 0 aliphatic carbocycles. The van der Waals surface area contributed by atoms with E-state index in [9.17, 15) is 9.59 Å². The lowest BCUT2D eigenvalue weighted by atomic mass is 10.2. The molecule has 2 rings (SSSR count). The van der Waals surface area contributed by atoms with Crippen LogP contribution < -0.4 is 10.9 Å². The van der Waals surface area contributed by atoms with Gasteiger partial charge in [0.25, 0.3) is 5.56 Å². The lowest BCUT2D eigenvalue weighted by Gasteiger charge is -2.23. The summed E-state index contributed by atoms with van der Waals surface area (Å²) in [6.45, 7) is 4.86. The van der Waals surface area contributed by atoms with Crippen molar-refractivity contribution in [2.45, 2.75) is 26.3 Å². The molecule has 1 heterocycles. The fraction of sp³-hybridized carbons (Fsp3) is 0.438. The molecule has 6 heteroatoms. The Balaban J connectivity index is 2.16. The Labute approximate surface area is 129 Å². The number of likely N-dealkylation sites (N-methyl/N-ethyl adjacent to an activating group) is 1. The fourth-order valence-electron chi connectivity index (χ4n) is 2.19. The monoisotopic (exact) mass is 302 g/mol. The molecule has 0 saturated carbocycles. The van der Waals surface area contributed by atoms with Gasteiger partial charge in [0, 0.05) is 6.54 Å². The van der Waals surface area contributed by atoms with E-state index in [1.807, 2.05) is 44.0 Å². The standard InChI is InChI=1S/C16H22N4O2/c1-4-9-17-14(21)10-20(3)11(2)15-18-13-8-6-5-7-12(13)16(22)19-15/h5-8,11H,4,9-10H2,1-3H3,(H,17,21)(H,18,19,22)/t11-/m0/s1. The number of hydrogen-bond donors (Lipinski definition) is 2. The van der Waals surface area contributed by atoms with Crippen LogP contribution in [0.4, 0.5) is 0 Å². The Morgan fingerprint density at radius 2 is 2.14 bits per heavy atom. The first-order chi connectivity index (χ1) is 10.5. The summed E-state index contributed by atoms with van der Waals surface area (Å²) in [6.07, 6.45) is 0.907. The predicted molar refractivity (Wildman–Crippen MR) is 86.7 cm³/mol. The van der Waals surface area contributed by atoms with Gasteiger partial charge in [0.2, 0.25) is 5.91 Å². The zero-order valence-electron chi connectivity index (χ0n) is 13.2. The number of nitrogens with one attached hydrogen (secondary N) is 2. The van der Waals surface area contributed by atoms with Crippen LogP contribution in [-0.4, -0.2) is 40.9 Å². The van der Waals surface area contributed by atoms with Crippen molar-refractivity contribution < 1.29 is 4.79 Å². The van der Waals surface area contributed by atoms with Crippen LogP contribution in [0.5, 0.6) is 0 Å². The van der Waals surface area contributed by atoms with E-state index in [0.29, 0.717) is 23.3 Å². The van der Waals surface area contributed by atoms with E-state index < -0.39 is 0 Å². The number of carbonyl (C=O) groups excluding carboxylic acids is 1. The van der Waals surface area contributed by atoms with E-state index in [4.69, 9.17) is 0 Å². The van der Waals surface area contributed by atoms with Gasteiger partial charge < -0.3 is 10.3 Å². The van der Waals surface area contributed by atoms with Crippen LogP contribution in [0, 0.1) is 0 Å². The molecular weight excluding hydrogens is 280 g/mol. The van der Waals surface area contributed by atoms with Gasteiger partial charge >= 0.3 is 0 Å². The predicted octanol–water partition coefficient (Wildman–Crippen LogP) is 1.44. The number of nitrogens with zero attached hydrogens (tertiary/aromatic N) is 2. The van der Waals surface area contributed by atoms with Crippen LogP contribution in [0.25, 0.3) is 10.9 Å². The number of H-pyrrole nitrogens is 1. The molecule has 0 aliphatic heterocycles. The van der Waals surface area contributed by atoms with Crippen molar-refractivity contribution in [1.82, 2.24) is 20.2 Å². The van der Waals surface area contributed by atoms with Crippen molar-refractivity contribution in [2.24, 2.45) is 0 Å². The highest BCUT2D eigenvalue weighted by molar-refractivity contribution is 5.78. The molecule has 0 fully saturated rings. The summed E-state index contributed by atoms with van der Waals surface area (Å²) in [7, 11) is 1.84. The minimum atomic E-state index is -0.162.